The maximum absolute atomic E-state index is 5.90. The van der Waals surface area contributed by atoms with Gasteiger partial charge in [0, 0.05) is 0 Å². The molecule has 0 amide bonds. The zero-order valence-electron chi connectivity index (χ0n) is 41.7. The van der Waals surface area contributed by atoms with E-state index in [2.05, 4.69) is 0 Å². The smallest absolute Gasteiger partial charge is 0.691 e. The maximum atomic E-state index is 5.90. The summed E-state index contributed by atoms with van der Waals surface area (Å²) in [6, 6.07) is 0. The fourth-order valence-electron chi connectivity index (χ4n) is 10.9. The standard InChI is InChI=1S/4C12H23O2PS2.Sn/c4*16-15(17,13-11-7-3-1-4-8-11)14-12-9-5-2-6-10-12;/h4*11-12H,1-10H2,(H,16,17);/q;;;;+4/p-4. The van der Waals surface area contributed by atoms with Crippen molar-refractivity contribution in [3.8, 4) is 0 Å². The second-order valence-electron chi connectivity index (χ2n) is 20.7. The molecule has 8 aliphatic carbocycles. The predicted molar refractivity (Wildman–Crippen MR) is 316 cm³/mol. The fraction of sp³-hybridized carbons (Fsp3) is 1.00. The molecule has 0 N–H and O–H groups in total. The summed E-state index contributed by atoms with van der Waals surface area (Å²) in [5.74, 6) is 0. The molecule has 0 radical (unpaired) electrons. The molecule has 21 heteroatoms. The number of rotatable bonds is 16. The first kappa shape index (κ1) is 66.0. The van der Waals surface area contributed by atoms with Gasteiger partial charge < -0.3 is 85.2 Å². The molecule has 8 fully saturated rings. The van der Waals surface area contributed by atoms with Gasteiger partial charge in [-0.25, -0.2) is 0 Å². The van der Waals surface area contributed by atoms with Crippen molar-refractivity contribution in [3.05, 3.63) is 0 Å². The van der Waals surface area contributed by atoms with Crippen LogP contribution in [0.2, 0.25) is 0 Å². The normalized spacial score (nSPS) is 24.6. The summed E-state index contributed by atoms with van der Waals surface area (Å²) in [7, 11) is 0. The Labute approximate surface area is 480 Å². The molecule has 0 aromatic heterocycles. The first-order valence-corrected chi connectivity index (χ1v) is 41.9. The molecule has 0 aromatic carbocycles. The van der Waals surface area contributed by atoms with E-state index in [1.807, 2.05) is 0 Å². The van der Waals surface area contributed by atoms with Crippen molar-refractivity contribution in [3.63, 3.8) is 0 Å². The Morgan fingerprint density at radius 2 is 0.290 bits per heavy atom. The first-order chi connectivity index (χ1) is 32.6. The average Bonchev–Trinajstić information content (AvgIpc) is 3.31. The third kappa shape index (κ3) is 30.6. The molecule has 69 heavy (non-hydrogen) atoms. The van der Waals surface area contributed by atoms with Gasteiger partial charge in [0.05, 0.1) is 71.6 Å². The van der Waals surface area contributed by atoms with Gasteiger partial charge >= 0.3 is 23.9 Å². The molecular weight excluding hydrogens is 1200 g/mol. The zero-order chi connectivity index (χ0) is 48.6. The van der Waals surface area contributed by atoms with Gasteiger partial charge in [0.2, 0.25) is 0 Å². The number of hydrogen-bond acceptors (Lipinski definition) is 16. The Balaban J connectivity index is 0.000000199. The van der Waals surface area contributed by atoms with E-state index in [-0.39, 0.29) is 72.7 Å². The molecule has 8 nitrogen and oxygen atoms in total. The quantitative estimate of drug-likeness (QED) is 0.0836. The van der Waals surface area contributed by atoms with E-state index < -0.39 is 22.8 Å². The van der Waals surface area contributed by atoms with Crippen LogP contribution in [0.5, 0.6) is 0 Å². The van der Waals surface area contributed by atoms with Crippen LogP contribution < -0.4 is 0 Å². The summed E-state index contributed by atoms with van der Waals surface area (Å²) in [6.07, 6.45) is 50.6. The van der Waals surface area contributed by atoms with Gasteiger partial charge in [-0.1, -0.05) is 201 Å². The average molecular weight is 1290 g/mol. The van der Waals surface area contributed by atoms with Crippen molar-refractivity contribution in [2.75, 3.05) is 0 Å². The second-order valence-corrected chi connectivity index (χ2v) is 40.3. The van der Waals surface area contributed by atoms with Crippen LogP contribution >= 0.6 is 22.8 Å². The van der Waals surface area contributed by atoms with Crippen LogP contribution in [-0.2, 0) is 132 Å². The topological polar surface area (TPSA) is 73.8 Å². The summed E-state index contributed by atoms with van der Waals surface area (Å²) < 4.78 is 47.2. The van der Waals surface area contributed by atoms with Crippen LogP contribution in [0.1, 0.15) is 257 Å². The third-order valence-electron chi connectivity index (χ3n) is 14.6. The third-order valence-corrected chi connectivity index (χ3v) is 23.2. The molecule has 0 aromatic rings. The van der Waals surface area contributed by atoms with Crippen molar-refractivity contribution in [1.29, 1.82) is 0 Å². The maximum Gasteiger partial charge on any atom is 4.00 e. The van der Waals surface area contributed by atoms with Gasteiger partial charge in [-0.05, 0) is 103 Å². The molecule has 0 bridgehead atoms. The van der Waals surface area contributed by atoms with Crippen LogP contribution in [0.4, 0.5) is 0 Å². The van der Waals surface area contributed by atoms with Crippen LogP contribution in [0.25, 0.3) is 0 Å². The van der Waals surface area contributed by atoms with E-state index in [9.17, 15) is 0 Å². The Morgan fingerprint density at radius 1 is 0.203 bits per heavy atom. The van der Waals surface area contributed by atoms with Crippen LogP contribution in [0.15, 0.2) is 0 Å². The molecule has 8 saturated carbocycles. The van der Waals surface area contributed by atoms with E-state index in [1.165, 1.54) is 154 Å². The van der Waals surface area contributed by atoms with Crippen molar-refractivity contribution in [1.82, 2.24) is 0 Å². The zero-order valence-corrected chi connectivity index (χ0v) is 54.7. The van der Waals surface area contributed by atoms with Crippen molar-refractivity contribution < 1.29 is 36.2 Å². The minimum absolute atomic E-state index is 0. The summed E-state index contributed by atoms with van der Waals surface area (Å²) in [4.78, 5) is 0. The van der Waals surface area contributed by atoms with Gasteiger partial charge in [-0.3, -0.25) is 0 Å². The Bertz CT molecular complexity index is 1230. The van der Waals surface area contributed by atoms with E-state index in [0.29, 0.717) is 0 Å². The summed E-state index contributed by atoms with van der Waals surface area (Å²) >= 11 is 43.1. The molecule has 0 saturated heterocycles. The summed E-state index contributed by atoms with van der Waals surface area (Å²) in [5.41, 5.74) is -9.65. The Hall–Kier alpha value is 4.48. The Kier molecular flexibility index (Phi) is 35.1. The molecule has 0 spiro atoms. The van der Waals surface area contributed by atoms with Gasteiger partial charge in [0.1, 0.15) is 0 Å². The van der Waals surface area contributed by atoms with Crippen molar-refractivity contribution in [2.24, 2.45) is 0 Å². The van der Waals surface area contributed by atoms with Crippen LogP contribution in [0.3, 0.4) is 0 Å². The summed E-state index contributed by atoms with van der Waals surface area (Å²) in [5, 5.41) is 0. The Morgan fingerprint density at radius 3 is 0.377 bits per heavy atom. The van der Waals surface area contributed by atoms with Crippen molar-refractivity contribution >= 4 is 143 Å². The second kappa shape index (κ2) is 36.7. The SMILES string of the molecule is S=P([S-])(OC1CCCCC1)OC1CCCCC1.S=P([S-])(OC1CCCCC1)OC1CCCCC1.S=P([S-])(OC1CCCCC1)OC1CCCCC1.S=P([S-])(OC1CCCCC1)OC1CCCCC1.[Sn+4]. The van der Waals surface area contributed by atoms with Crippen LogP contribution in [-0.4, -0.2) is 72.7 Å². The fourth-order valence-corrected chi connectivity index (χ4v) is 21.6. The molecule has 0 unspecified atom stereocenters. The minimum Gasteiger partial charge on any atom is -0.691 e. The minimum atomic E-state index is -2.41. The molecular formula is C48H88O8P4S8Sn. The molecule has 0 heterocycles. The first-order valence-electron chi connectivity index (χ1n) is 27.3. The van der Waals surface area contributed by atoms with Gasteiger partial charge in [0.15, 0.2) is 0 Å². The van der Waals surface area contributed by atoms with E-state index in [0.717, 1.165) is 103 Å². The van der Waals surface area contributed by atoms with Crippen LogP contribution in [0, 0.1) is 0 Å². The molecule has 0 atom stereocenters. The van der Waals surface area contributed by atoms with E-state index in [4.69, 9.17) is 132 Å². The molecule has 0 aliphatic heterocycles. The monoisotopic (exact) mass is 1290 g/mol. The predicted octanol–water partition coefficient (Wildman–Crippen LogP) is 17.4. The summed E-state index contributed by atoms with van der Waals surface area (Å²) in [6.45, 7) is 0. The molecule has 8 rings (SSSR count). The van der Waals surface area contributed by atoms with E-state index in [1.54, 1.807) is 0 Å². The van der Waals surface area contributed by atoms with Gasteiger partial charge in [-0.15, -0.1) is 0 Å². The van der Waals surface area contributed by atoms with Gasteiger partial charge in [0.25, 0.3) is 0 Å². The molecule has 8 aliphatic rings. The number of hydrogen-bond donors (Lipinski definition) is 0. The van der Waals surface area contributed by atoms with E-state index >= 15 is 0 Å². The largest absolute Gasteiger partial charge is 4.00 e. The van der Waals surface area contributed by atoms with Gasteiger partial charge in [-0.2, -0.15) is 0 Å². The molecule has 400 valence electrons. The van der Waals surface area contributed by atoms with Crippen molar-refractivity contribution in [2.45, 2.75) is 306 Å².